The van der Waals surface area contributed by atoms with E-state index in [0.29, 0.717) is 5.75 Å². The number of rotatable bonds is 7. The normalized spacial score (nSPS) is 15.9. The Hall–Kier alpha value is -1.20. The van der Waals surface area contributed by atoms with Crippen LogP contribution in [0.1, 0.15) is 31.2 Å². The lowest BCUT2D eigenvalue weighted by molar-refractivity contribution is -0.113. The largest absolute Gasteiger partial charge is 0.497 e. The van der Waals surface area contributed by atoms with E-state index in [4.69, 9.17) is 4.74 Å². The van der Waals surface area contributed by atoms with Gasteiger partial charge in [-0.1, -0.05) is 12.8 Å². The molecule has 128 valence electrons. The van der Waals surface area contributed by atoms with Gasteiger partial charge in [0.05, 0.1) is 12.9 Å². The zero-order valence-corrected chi connectivity index (χ0v) is 15.1. The number of hydrogen-bond donors (Lipinski definition) is 1. The predicted molar refractivity (Wildman–Crippen MR) is 98.6 cm³/mol. The maximum Gasteiger partial charge on any atom is 0.234 e. The minimum absolute atomic E-state index is 0.0686. The van der Waals surface area contributed by atoms with E-state index in [9.17, 15) is 4.79 Å². The lowest BCUT2D eigenvalue weighted by atomic mass is 10.2. The number of methoxy groups -OCH3 is 1. The van der Waals surface area contributed by atoms with Crippen molar-refractivity contribution in [3.05, 3.63) is 23.8 Å². The number of aryl methyl sites for hydroxylation is 1. The quantitative estimate of drug-likeness (QED) is 0.773. The Bertz CT molecular complexity index is 500. The average Bonchev–Trinajstić information content (AvgIpc) is 2.82. The van der Waals surface area contributed by atoms with Crippen molar-refractivity contribution in [2.45, 2.75) is 32.6 Å². The fourth-order valence-corrected chi connectivity index (χ4v) is 3.60. The summed E-state index contributed by atoms with van der Waals surface area (Å²) in [6.45, 7) is 5.51. The van der Waals surface area contributed by atoms with Crippen LogP contribution in [-0.2, 0) is 4.79 Å². The number of carbonyl (C=O) groups excluding carboxylic acids is 1. The van der Waals surface area contributed by atoms with Gasteiger partial charge in [-0.05, 0) is 56.6 Å². The first-order chi connectivity index (χ1) is 11.2. The van der Waals surface area contributed by atoms with E-state index < -0.39 is 0 Å². The fourth-order valence-electron chi connectivity index (χ4n) is 2.81. The molecule has 0 bridgehead atoms. The minimum Gasteiger partial charge on any atom is -0.497 e. The Morgan fingerprint density at radius 3 is 2.65 bits per heavy atom. The van der Waals surface area contributed by atoms with E-state index in [1.54, 1.807) is 18.9 Å². The molecule has 1 saturated heterocycles. The third kappa shape index (κ3) is 6.43. The van der Waals surface area contributed by atoms with E-state index in [2.05, 4.69) is 10.2 Å². The highest BCUT2D eigenvalue weighted by Gasteiger charge is 2.09. The summed E-state index contributed by atoms with van der Waals surface area (Å²) in [5.74, 6) is 2.42. The van der Waals surface area contributed by atoms with Gasteiger partial charge in [0.25, 0.3) is 0 Å². The van der Waals surface area contributed by atoms with Gasteiger partial charge in [0.1, 0.15) is 5.75 Å². The van der Waals surface area contributed by atoms with E-state index >= 15 is 0 Å². The van der Waals surface area contributed by atoms with Gasteiger partial charge in [-0.3, -0.25) is 4.79 Å². The molecule has 0 unspecified atom stereocenters. The van der Waals surface area contributed by atoms with Crippen LogP contribution in [0.15, 0.2) is 18.2 Å². The van der Waals surface area contributed by atoms with E-state index in [-0.39, 0.29) is 5.91 Å². The van der Waals surface area contributed by atoms with Crippen molar-refractivity contribution >= 4 is 23.4 Å². The average molecular weight is 337 g/mol. The monoisotopic (exact) mass is 336 g/mol. The standard InChI is InChI=1S/C18H28N2O2S/c1-15-13-16(22-2)7-8-17(15)19-18(21)14-23-12-11-20-9-5-3-4-6-10-20/h7-8,13H,3-6,9-12,14H2,1-2H3,(H,19,21). The first kappa shape index (κ1) is 18.1. The summed E-state index contributed by atoms with van der Waals surface area (Å²) >= 11 is 1.72. The molecule has 1 aliphatic rings. The van der Waals surface area contributed by atoms with Crippen molar-refractivity contribution < 1.29 is 9.53 Å². The molecule has 1 aromatic carbocycles. The smallest absolute Gasteiger partial charge is 0.234 e. The predicted octanol–water partition coefficient (Wildman–Crippen LogP) is 3.55. The van der Waals surface area contributed by atoms with E-state index in [1.807, 2.05) is 25.1 Å². The number of anilines is 1. The zero-order valence-electron chi connectivity index (χ0n) is 14.3. The van der Waals surface area contributed by atoms with Crippen molar-refractivity contribution in [1.82, 2.24) is 4.90 Å². The number of benzene rings is 1. The van der Waals surface area contributed by atoms with Crippen LogP contribution in [0.5, 0.6) is 5.75 Å². The Morgan fingerprint density at radius 2 is 2.00 bits per heavy atom. The number of nitrogens with zero attached hydrogens (tertiary/aromatic N) is 1. The van der Waals surface area contributed by atoms with Crippen molar-refractivity contribution in [1.29, 1.82) is 0 Å². The molecule has 1 heterocycles. The molecule has 1 amide bonds. The molecule has 4 nitrogen and oxygen atoms in total. The molecule has 1 aliphatic heterocycles. The molecule has 0 spiro atoms. The third-order valence-electron chi connectivity index (χ3n) is 4.19. The Labute approximate surface area is 144 Å². The summed E-state index contributed by atoms with van der Waals surface area (Å²) < 4.78 is 5.18. The van der Waals surface area contributed by atoms with Gasteiger partial charge in [0, 0.05) is 18.0 Å². The van der Waals surface area contributed by atoms with Gasteiger partial charge in [0.2, 0.25) is 5.91 Å². The molecule has 23 heavy (non-hydrogen) atoms. The second-order valence-corrected chi connectivity index (χ2v) is 7.14. The molecule has 1 N–H and O–H groups in total. The highest BCUT2D eigenvalue weighted by molar-refractivity contribution is 7.99. The molecule has 5 heteroatoms. The van der Waals surface area contributed by atoms with Crippen LogP contribution in [0.3, 0.4) is 0 Å². The fraction of sp³-hybridized carbons (Fsp3) is 0.611. The molecule has 2 rings (SSSR count). The third-order valence-corrected chi connectivity index (χ3v) is 5.13. The van der Waals surface area contributed by atoms with Crippen LogP contribution < -0.4 is 10.1 Å². The van der Waals surface area contributed by atoms with E-state index in [1.165, 1.54) is 38.8 Å². The summed E-state index contributed by atoms with van der Waals surface area (Å²) in [5, 5.41) is 2.98. The van der Waals surface area contributed by atoms with Gasteiger partial charge in [-0.15, -0.1) is 0 Å². The van der Waals surface area contributed by atoms with Crippen LogP contribution >= 0.6 is 11.8 Å². The molecule has 0 aromatic heterocycles. The van der Waals surface area contributed by atoms with Crippen LogP contribution in [0.2, 0.25) is 0 Å². The van der Waals surface area contributed by atoms with Crippen molar-refractivity contribution in [2.75, 3.05) is 43.6 Å². The van der Waals surface area contributed by atoms with Crippen LogP contribution in [0, 0.1) is 6.92 Å². The zero-order chi connectivity index (χ0) is 16.5. The van der Waals surface area contributed by atoms with Crippen molar-refractivity contribution in [3.8, 4) is 5.75 Å². The summed E-state index contributed by atoms with van der Waals surface area (Å²) in [5.41, 5.74) is 1.89. The Morgan fingerprint density at radius 1 is 1.26 bits per heavy atom. The van der Waals surface area contributed by atoms with Crippen molar-refractivity contribution in [2.24, 2.45) is 0 Å². The Kier molecular flexibility index (Phi) is 7.76. The van der Waals surface area contributed by atoms with Crippen LogP contribution in [-0.4, -0.2) is 49.1 Å². The summed E-state index contributed by atoms with van der Waals surface area (Å²) in [6.07, 6.45) is 5.38. The maximum absolute atomic E-state index is 12.0. The molecule has 0 atom stereocenters. The minimum atomic E-state index is 0.0686. The van der Waals surface area contributed by atoms with Gasteiger partial charge in [-0.2, -0.15) is 11.8 Å². The highest BCUT2D eigenvalue weighted by Crippen LogP contribution is 2.21. The number of likely N-dealkylation sites (tertiary alicyclic amines) is 1. The first-order valence-corrected chi connectivity index (χ1v) is 9.59. The molecule has 1 fully saturated rings. The first-order valence-electron chi connectivity index (χ1n) is 8.43. The molecule has 1 aromatic rings. The molecular formula is C18H28N2O2S. The summed E-state index contributed by atoms with van der Waals surface area (Å²) in [6, 6.07) is 5.70. The topological polar surface area (TPSA) is 41.6 Å². The number of thioether (sulfide) groups is 1. The highest BCUT2D eigenvalue weighted by atomic mass is 32.2. The molecule has 0 radical (unpaired) electrons. The molecule has 0 aliphatic carbocycles. The van der Waals surface area contributed by atoms with Crippen LogP contribution in [0.4, 0.5) is 5.69 Å². The molecule has 0 saturated carbocycles. The second-order valence-electron chi connectivity index (χ2n) is 6.04. The van der Waals surface area contributed by atoms with Gasteiger partial charge in [-0.25, -0.2) is 0 Å². The number of ether oxygens (including phenoxy) is 1. The second kappa shape index (κ2) is 9.83. The van der Waals surface area contributed by atoms with Crippen molar-refractivity contribution in [3.63, 3.8) is 0 Å². The maximum atomic E-state index is 12.0. The summed E-state index contributed by atoms with van der Waals surface area (Å²) in [4.78, 5) is 14.6. The summed E-state index contributed by atoms with van der Waals surface area (Å²) in [7, 11) is 1.65. The molecular weight excluding hydrogens is 308 g/mol. The Balaban J connectivity index is 1.66. The number of hydrogen-bond acceptors (Lipinski definition) is 4. The number of carbonyl (C=O) groups is 1. The lowest BCUT2D eigenvalue weighted by Crippen LogP contribution is -2.27. The number of nitrogens with one attached hydrogen (secondary N) is 1. The van der Waals surface area contributed by atoms with Crippen LogP contribution in [0.25, 0.3) is 0 Å². The number of amides is 1. The van der Waals surface area contributed by atoms with Gasteiger partial charge < -0.3 is 15.0 Å². The SMILES string of the molecule is COc1ccc(NC(=O)CSCCN2CCCCCC2)c(C)c1. The van der Waals surface area contributed by atoms with E-state index in [0.717, 1.165) is 29.3 Å². The van der Waals surface area contributed by atoms with Gasteiger partial charge in [0.15, 0.2) is 0 Å². The van der Waals surface area contributed by atoms with Gasteiger partial charge >= 0.3 is 0 Å². The lowest BCUT2D eigenvalue weighted by Gasteiger charge is -2.19.